The van der Waals surface area contributed by atoms with Crippen molar-refractivity contribution < 1.29 is 19.1 Å². The fourth-order valence-corrected chi connectivity index (χ4v) is 2.69. The number of benzene rings is 3. The van der Waals surface area contributed by atoms with Gasteiger partial charge in [-0.3, -0.25) is 9.59 Å². The molecule has 0 bridgehead atoms. The Kier molecular flexibility index (Phi) is 5.41. The number of ketones is 1. The fraction of sp³-hybridized carbons (Fsp3) is 0.182. The van der Waals surface area contributed by atoms with E-state index in [4.69, 9.17) is 9.47 Å². The molecule has 0 aliphatic heterocycles. The molecule has 27 heavy (non-hydrogen) atoms. The van der Waals surface area contributed by atoms with Crippen molar-refractivity contribution in [3.63, 3.8) is 0 Å². The van der Waals surface area contributed by atoms with Crippen LogP contribution in [-0.4, -0.2) is 24.9 Å². The lowest BCUT2D eigenvalue weighted by Crippen LogP contribution is -2.30. The van der Waals surface area contributed by atoms with Gasteiger partial charge in [-0.1, -0.05) is 12.1 Å². The summed E-state index contributed by atoms with van der Waals surface area (Å²) in [7, 11) is 1.62. The molecule has 3 aromatic carbocycles. The van der Waals surface area contributed by atoms with Gasteiger partial charge >= 0.3 is 0 Å². The first kappa shape index (κ1) is 18.5. The minimum atomic E-state index is -0.680. The number of hydrogen-bond acceptors (Lipinski definition) is 4. The van der Waals surface area contributed by atoms with E-state index >= 15 is 0 Å². The van der Waals surface area contributed by atoms with Gasteiger partial charge in [0, 0.05) is 11.3 Å². The Morgan fingerprint density at radius 3 is 2.15 bits per heavy atom. The highest BCUT2D eigenvalue weighted by Gasteiger charge is 2.15. The molecule has 1 N–H and O–H groups in total. The van der Waals surface area contributed by atoms with Crippen molar-refractivity contribution >= 4 is 28.2 Å². The molecule has 3 aromatic rings. The number of carbonyl (C=O) groups is 2. The Balaban J connectivity index is 1.68. The van der Waals surface area contributed by atoms with Gasteiger partial charge in [-0.15, -0.1) is 0 Å². The largest absolute Gasteiger partial charge is 0.497 e. The van der Waals surface area contributed by atoms with Crippen molar-refractivity contribution in [2.24, 2.45) is 0 Å². The maximum absolute atomic E-state index is 12.4. The van der Waals surface area contributed by atoms with Crippen LogP contribution in [0.1, 0.15) is 24.2 Å². The van der Waals surface area contributed by atoms with Crippen LogP contribution in [0.5, 0.6) is 11.5 Å². The molecular weight excluding hydrogens is 342 g/mol. The van der Waals surface area contributed by atoms with Crippen molar-refractivity contribution in [1.29, 1.82) is 0 Å². The molecule has 1 atom stereocenters. The number of ether oxygens (including phenoxy) is 2. The van der Waals surface area contributed by atoms with E-state index in [1.54, 1.807) is 38.3 Å². The Bertz CT molecular complexity index is 979. The summed E-state index contributed by atoms with van der Waals surface area (Å²) >= 11 is 0. The van der Waals surface area contributed by atoms with E-state index in [0.717, 1.165) is 16.5 Å². The minimum Gasteiger partial charge on any atom is -0.497 e. The van der Waals surface area contributed by atoms with Crippen molar-refractivity contribution in [2.75, 3.05) is 12.4 Å². The van der Waals surface area contributed by atoms with Crippen molar-refractivity contribution in [3.05, 3.63) is 66.2 Å². The van der Waals surface area contributed by atoms with Gasteiger partial charge in [-0.2, -0.15) is 0 Å². The van der Waals surface area contributed by atoms with Crippen LogP contribution in [0.3, 0.4) is 0 Å². The number of methoxy groups -OCH3 is 1. The van der Waals surface area contributed by atoms with Crippen molar-refractivity contribution in [2.45, 2.75) is 20.0 Å². The maximum Gasteiger partial charge on any atom is 0.265 e. The van der Waals surface area contributed by atoms with E-state index in [-0.39, 0.29) is 11.7 Å². The average molecular weight is 363 g/mol. The molecule has 5 nitrogen and oxygen atoms in total. The zero-order valence-electron chi connectivity index (χ0n) is 15.5. The normalized spacial score (nSPS) is 11.7. The van der Waals surface area contributed by atoms with Crippen LogP contribution in [0.15, 0.2) is 60.7 Å². The lowest BCUT2D eigenvalue weighted by atomic mass is 10.1. The first-order valence-corrected chi connectivity index (χ1v) is 8.62. The second kappa shape index (κ2) is 7.91. The van der Waals surface area contributed by atoms with E-state index in [1.165, 1.54) is 6.92 Å². The van der Waals surface area contributed by atoms with Gasteiger partial charge in [-0.05, 0) is 73.2 Å². The van der Waals surface area contributed by atoms with Crippen LogP contribution in [0, 0.1) is 0 Å². The Morgan fingerprint density at radius 1 is 0.889 bits per heavy atom. The van der Waals surface area contributed by atoms with Crippen LogP contribution in [0.2, 0.25) is 0 Å². The molecule has 0 saturated carbocycles. The molecule has 0 fully saturated rings. The van der Waals surface area contributed by atoms with Crippen LogP contribution >= 0.6 is 0 Å². The summed E-state index contributed by atoms with van der Waals surface area (Å²) in [4.78, 5) is 23.7. The second-order valence-corrected chi connectivity index (χ2v) is 6.26. The first-order valence-electron chi connectivity index (χ1n) is 8.62. The molecule has 138 valence electrons. The van der Waals surface area contributed by atoms with Gasteiger partial charge in [0.15, 0.2) is 11.9 Å². The predicted molar refractivity (Wildman–Crippen MR) is 106 cm³/mol. The highest BCUT2D eigenvalue weighted by atomic mass is 16.5. The van der Waals surface area contributed by atoms with Crippen LogP contribution in [0.4, 0.5) is 5.69 Å². The molecule has 0 heterocycles. The van der Waals surface area contributed by atoms with Crippen LogP contribution in [0.25, 0.3) is 10.8 Å². The van der Waals surface area contributed by atoms with Gasteiger partial charge in [0.2, 0.25) is 0 Å². The highest BCUT2D eigenvalue weighted by Crippen LogP contribution is 2.25. The Morgan fingerprint density at radius 2 is 1.52 bits per heavy atom. The second-order valence-electron chi connectivity index (χ2n) is 6.26. The SMILES string of the molecule is COc1ccc2ccc(O[C@@H](C)C(=O)Nc3ccc(C(C)=O)cc3)cc2c1. The molecular formula is C22H21NO4. The third-order valence-corrected chi connectivity index (χ3v) is 4.26. The van der Waals surface area contributed by atoms with E-state index in [9.17, 15) is 9.59 Å². The molecule has 0 aliphatic rings. The lowest BCUT2D eigenvalue weighted by molar-refractivity contribution is -0.122. The average Bonchev–Trinajstić information content (AvgIpc) is 2.67. The van der Waals surface area contributed by atoms with Crippen LogP contribution in [-0.2, 0) is 4.79 Å². The molecule has 5 heteroatoms. The minimum absolute atomic E-state index is 0.0162. The number of Topliss-reactive ketones (excluding diaryl/α,β-unsaturated/α-hetero) is 1. The summed E-state index contributed by atoms with van der Waals surface area (Å²) < 4.78 is 11.0. The Labute approximate surface area is 157 Å². The first-order chi connectivity index (χ1) is 13.0. The standard InChI is InChI=1S/C22H21NO4/c1-14(24)16-4-8-19(9-5-16)23-22(25)15(2)27-21-11-7-17-6-10-20(26-3)12-18(17)13-21/h4-13,15H,1-3H3,(H,23,25)/t15-/m0/s1. The molecule has 0 aliphatic carbocycles. The van der Waals surface area contributed by atoms with Crippen molar-refractivity contribution in [3.8, 4) is 11.5 Å². The molecule has 3 rings (SSSR count). The maximum atomic E-state index is 12.4. The molecule has 0 aromatic heterocycles. The summed E-state index contributed by atoms with van der Waals surface area (Å²) in [6.07, 6.45) is -0.680. The van der Waals surface area contributed by atoms with E-state index in [2.05, 4.69) is 5.32 Å². The smallest absolute Gasteiger partial charge is 0.265 e. The molecule has 0 spiro atoms. The number of amides is 1. The summed E-state index contributed by atoms with van der Waals surface area (Å²) in [5.74, 6) is 1.08. The quantitative estimate of drug-likeness (QED) is 0.657. The third-order valence-electron chi connectivity index (χ3n) is 4.26. The topological polar surface area (TPSA) is 64.6 Å². The van der Waals surface area contributed by atoms with E-state index in [1.807, 2.05) is 36.4 Å². The van der Waals surface area contributed by atoms with Gasteiger partial charge in [0.05, 0.1) is 7.11 Å². The fourth-order valence-electron chi connectivity index (χ4n) is 2.69. The third kappa shape index (κ3) is 4.44. The molecule has 0 saturated heterocycles. The van der Waals surface area contributed by atoms with Gasteiger partial charge in [-0.25, -0.2) is 0 Å². The summed E-state index contributed by atoms with van der Waals surface area (Å²) in [5, 5.41) is 4.82. The van der Waals surface area contributed by atoms with Crippen LogP contribution < -0.4 is 14.8 Å². The Hall–Kier alpha value is -3.34. The number of anilines is 1. The number of fused-ring (bicyclic) bond motifs is 1. The summed E-state index contributed by atoms with van der Waals surface area (Å²) in [6.45, 7) is 3.19. The van der Waals surface area contributed by atoms with Gasteiger partial charge < -0.3 is 14.8 Å². The summed E-state index contributed by atoms with van der Waals surface area (Å²) in [6, 6.07) is 18.2. The van der Waals surface area contributed by atoms with Crippen molar-refractivity contribution in [1.82, 2.24) is 0 Å². The number of rotatable bonds is 6. The van der Waals surface area contributed by atoms with E-state index in [0.29, 0.717) is 17.0 Å². The van der Waals surface area contributed by atoms with Gasteiger partial charge in [0.25, 0.3) is 5.91 Å². The number of carbonyl (C=O) groups excluding carboxylic acids is 2. The summed E-state index contributed by atoms with van der Waals surface area (Å²) in [5.41, 5.74) is 1.22. The molecule has 1 amide bonds. The van der Waals surface area contributed by atoms with E-state index < -0.39 is 6.10 Å². The van der Waals surface area contributed by atoms with Gasteiger partial charge in [0.1, 0.15) is 11.5 Å². The molecule has 0 radical (unpaired) electrons. The predicted octanol–water partition coefficient (Wildman–Crippen LogP) is 4.46. The highest BCUT2D eigenvalue weighted by molar-refractivity contribution is 5.96. The lowest BCUT2D eigenvalue weighted by Gasteiger charge is -2.15. The zero-order valence-corrected chi connectivity index (χ0v) is 15.5. The zero-order chi connectivity index (χ0) is 19.4. The monoisotopic (exact) mass is 363 g/mol. The molecule has 0 unspecified atom stereocenters. The number of nitrogens with one attached hydrogen (secondary N) is 1. The number of hydrogen-bond donors (Lipinski definition) is 1.